The third-order valence-corrected chi connectivity index (χ3v) is 13.6. The van der Waals surface area contributed by atoms with Crippen molar-refractivity contribution in [1.82, 2.24) is 13.8 Å². The Hall–Kier alpha value is -7.17. The Morgan fingerprint density at radius 1 is 0.410 bits per heavy atom. The van der Waals surface area contributed by atoms with Crippen LogP contribution in [-0.4, -0.2) is 13.8 Å². The van der Waals surface area contributed by atoms with Crippen LogP contribution in [0.25, 0.3) is 97.9 Å². The fourth-order valence-electron chi connectivity index (χ4n) is 10.7. The summed E-state index contributed by atoms with van der Waals surface area (Å²) in [5.74, 6) is 0. The number of hydrogen-bond acceptors (Lipinski definition) is 2. The van der Waals surface area contributed by atoms with Crippen molar-refractivity contribution in [3.05, 3.63) is 169 Å². The maximum Gasteiger partial charge on any atom is 0.146 e. The average molecular weight is 785 g/mol. The molecule has 61 heavy (non-hydrogen) atoms. The van der Waals surface area contributed by atoms with Gasteiger partial charge in [0.15, 0.2) is 0 Å². The first kappa shape index (κ1) is 34.7. The van der Waals surface area contributed by atoms with Crippen LogP contribution in [0.4, 0.5) is 17.1 Å². The standard InChI is InChI=1S/C57H44N4/c1-56(2,3)35-25-26-45-41(29-35)42-27-33-17-14-16-24-40(33)49-51-47(60(45)53(42)49)32-58-55-50(51)43-28-34-18-13-15-23-39(34)48-44-30-36(57(4,5)6)31-46(52(44)61(55)54(43)48)59(37-19-9-7-10-20-37)38-21-11-8-12-22-38/h7-32H,1-6H3. The van der Waals surface area contributed by atoms with Gasteiger partial charge in [0.2, 0.25) is 0 Å². The van der Waals surface area contributed by atoms with Crippen molar-refractivity contribution in [2.45, 2.75) is 52.4 Å². The zero-order valence-corrected chi connectivity index (χ0v) is 35.3. The predicted octanol–water partition coefficient (Wildman–Crippen LogP) is 15.8. The molecule has 0 N–H and O–H groups in total. The Morgan fingerprint density at radius 3 is 1.62 bits per heavy atom. The number of benzene rings is 8. The smallest absolute Gasteiger partial charge is 0.146 e. The number of aromatic nitrogens is 3. The first-order valence-corrected chi connectivity index (χ1v) is 21.6. The van der Waals surface area contributed by atoms with Gasteiger partial charge < -0.3 is 9.30 Å². The number of hydrogen-bond donors (Lipinski definition) is 0. The van der Waals surface area contributed by atoms with Crippen molar-refractivity contribution in [3.63, 3.8) is 0 Å². The molecule has 13 aromatic rings. The molecule has 4 heteroatoms. The molecule has 0 aliphatic heterocycles. The van der Waals surface area contributed by atoms with Crippen LogP contribution in [0, 0.1) is 0 Å². The van der Waals surface area contributed by atoms with Crippen molar-refractivity contribution >= 4 is 115 Å². The Morgan fingerprint density at radius 2 is 0.967 bits per heavy atom. The fourth-order valence-corrected chi connectivity index (χ4v) is 10.7. The summed E-state index contributed by atoms with van der Waals surface area (Å²) >= 11 is 0. The first-order valence-electron chi connectivity index (χ1n) is 21.6. The van der Waals surface area contributed by atoms with Gasteiger partial charge in [0, 0.05) is 54.5 Å². The van der Waals surface area contributed by atoms with Crippen molar-refractivity contribution < 1.29 is 0 Å². The third kappa shape index (κ3) is 4.57. The maximum atomic E-state index is 5.62. The Bertz CT molecular complexity index is 3890. The molecule has 0 aliphatic carbocycles. The van der Waals surface area contributed by atoms with E-state index in [9.17, 15) is 0 Å². The van der Waals surface area contributed by atoms with Crippen LogP contribution in [-0.2, 0) is 10.8 Å². The summed E-state index contributed by atoms with van der Waals surface area (Å²) in [6.45, 7) is 13.9. The zero-order chi connectivity index (χ0) is 41.1. The van der Waals surface area contributed by atoms with Crippen LogP contribution in [0.3, 0.4) is 0 Å². The lowest BCUT2D eigenvalue weighted by Gasteiger charge is -2.29. The number of rotatable bonds is 3. The van der Waals surface area contributed by atoms with E-state index in [0.717, 1.165) is 28.2 Å². The molecule has 4 nitrogen and oxygen atoms in total. The molecule has 0 saturated heterocycles. The van der Waals surface area contributed by atoms with Gasteiger partial charge in [-0.1, -0.05) is 133 Å². The summed E-state index contributed by atoms with van der Waals surface area (Å²) in [7, 11) is 0. The minimum Gasteiger partial charge on any atom is -0.308 e. The van der Waals surface area contributed by atoms with Gasteiger partial charge in [-0.2, -0.15) is 0 Å². The highest BCUT2D eigenvalue weighted by atomic mass is 15.2. The van der Waals surface area contributed by atoms with Crippen LogP contribution < -0.4 is 4.90 Å². The molecule has 0 radical (unpaired) electrons. The van der Waals surface area contributed by atoms with Crippen LogP contribution in [0.5, 0.6) is 0 Å². The molecular weight excluding hydrogens is 741 g/mol. The van der Waals surface area contributed by atoms with Crippen LogP contribution in [0.1, 0.15) is 52.7 Å². The molecule has 0 fully saturated rings. The molecule has 0 amide bonds. The molecule has 8 aromatic carbocycles. The van der Waals surface area contributed by atoms with Gasteiger partial charge >= 0.3 is 0 Å². The molecule has 0 unspecified atom stereocenters. The molecule has 13 rings (SSSR count). The van der Waals surface area contributed by atoms with Crippen LogP contribution >= 0.6 is 0 Å². The number of anilines is 3. The number of para-hydroxylation sites is 2. The van der Waals surface area contributed by atoms with Gasteiger partial charge in [0.25, 0.3) is 0 Å². The Labute approximate surface area is 353 Å². The van der Waals surface area contributed by atoms with Crippen molar-refractivity contribution in [1.29, 1.82) is 0 Å². The summed E-state index contributed by atoms with van der Waals surface area (Å²) in [5, 5.41) is 15.2. The SMILES string of the molecule is CC(C)(C)c1ccc2c(c1)c1cc3ccccc3c3c4c5c6cc7ccccc7c7c8cc(C(C)(C)C)cc(N(c9ccccc9)c9ccccc9)c8n(c5ncc4n2c13)c67. The molecule has 0 aliphatic rings. The Kier molecular flexibility index (Phi) is 6.69. The van der Waals surface area contributed by atoms with Crippen molar-refractivity contribution in [2.75, 3.05) is 4.90 Å². The summed E-state index contributed by atoms with van der Waals surface area (Å²) in [6, 6.07) is 56.5. The molecule has 0 saturated carbocycles. The first-order chi connectivity index (χ1) is 29.6. The lowest BCUT2D eigenvalue weighted by molar-refractivity contribution is 0.591. The lowest BCUT2D eigenvalue weighted by atomic mass is 9.85. The topological polar surface area (TPSA) is 24.9 Å². The van der Waals surface area contributed by atoms with E-state index in [1.165, 1.54) is 97.8 Å². The maximum absolute atomic E-state index is 5.62. The zero-order valence-electron chi connectivity index (χ0n) is 35.3. The molecule has 5 heterocycles. The minimum absolute atomic E-state index is 0.0352. The molecule has 0 bridgehead atoms. The van der Waals surface area contributed by atoms with E-state index in [1.54, 1.807) is 0 Å². The van der Waals surface area contributed by atoms with E-state index in [4.69, 9.17) is 4.98 Å². The molecule has 0 spiro atoms. The Balaban J connectivity index is 1.29. The highest BCUT2D eigenvalue weighted by Gasteiger charge is 2.31. The van der Waals surface area contributed by atoms with Crippen LogP contribution in [0.2, 0.25) is 0 Å². The second-order valence-corrected chi connectivity index (χ2v) is 19.3. The summed E-state index contributed by atoms with van der Waals surface area (Å²) in [4.78, 5) is 8.07. The van der Waals surface area contributed by atoms with E-state index >= 15 is 0 Å². The average Bonchev–Trinajstić information content (AvgIpc) is 3.99. The largest absolute Gasteiger partial charge is 0.308 e. The van der Waals surface area contributed by atoms with E-state index in [0.29, 0.717) is 0 Å². The lowest BCUT2D eigenvalue weighted by Crippen LogP contribution is -2.15. The highest BCUT2D eigenvalue weighted by Crippen LogP contribution is 2.52. The minimum atomic E-state index is -0.103. The molecular formula is C57H44N4. The van der Waals surface area contributed by atoms with Gasteiger partial charge in [-0.15, -0.1) is 0 Å². The normalized spacial score (nSPS) is 13.1. The van der Waals surface area contributed by atoms with Crippen molar-refractivity contribution in [2.24, 2.45) is 0 Å². The fraction of sp³-hybridized carbons (Fsp3) is 0.140. The summed E-state index contributed by atoms with van der Waals surface area (Å²) in [5.41, 5.74) is 13.0. The predicted molar refractivity (Wildman–Crippen MR) is 261 cm³/mol. The summed E-state index contributed by atoms with van der Waals surface area (Å²) in [6.07, 6.45) is 2.16. The van der Waals surface area contributed by atoms with Crippen LogP contribution in [0.15, 0.2) is 158 Å². The third-order valence-electron chi connectivity index (χ3n) is 13.6. The number of pyridine rings is 1. The van der Waals surface area contributed by atoms with E-state index in [2.05, 4.69) is 213 Å². The van der Waals surface area contributed by atoms with E-state index in [1.807, 2.05) is 0 Å². The van der Waals surface area contributed by atoms with E-state index < -0.39 is 0 Å². The molecule has 292 valence electrons. The highest BCUT2D eigenvalue weighted by molar-refractivity contribution is 6.41. The second kappa shape index (κ2) is 11.8. The number of nitrogens with zero attached hydrogens (tertiary/aromatic N) is 4. The number of fused-ring (bicyclic) bond motifs is 17. The molecule has 0 atom stereocenters. The molecule has 5 aromatic heterocycles. The van der Waals surface area contributed by atoms with Gasteiger partial charge in [-0.3, -0.25) is 4.40 Å². The monoisotopic (exact) mass is 784 g/mol. The van der Waals surface area contributed by atoms with Gasteiger partial charge in [-0.05, 0) is 104 Å². The van der Waals surface area contributed by atoms with Gasteiger partial charge in [0.05, 0.1) is 39.5 Å². The van der Waals surface area contributed by atoms with E-state index in [-0.39, 0.29) is 10.8 Å². The van der Waals surface area contributed by atoms with Crippen molar-refractivity contribution in [3.8, 4) is 0 Å². The summed E-state index contributed by atoms with van der Waals surface area (Å²) < 4.78 is 5.03. The van der Waals surface area contributed by atoms with Gasteiger partial charge in [0.1, 0.15) is 5.65 Å². The quantitative estimate of drug-likeness (QED) is 0.178. The second-order valence-electron chi connectivity index (χ2n) is 19.3. The van der Waals surface area contributed by atoms with Gasteiger partial charge in [-0.25, -0.2) is 4.98 Å².